The number of rotatable bonds is 8. The van der Waals surface area contributed by atoms with Crippen molar-refractivity contribution in [1.29, 1.82) is 0 Å². The van der Waals surface area contributed by atoms with E-state index in [1.54, 1.807) is 0 Å². The van der Waals surface area contributed by atoms with Gasteiger partial charge in [0.05, 0.1) is 5.69 Å². The van der Waals surface area contributed by atoms with E-state index in [0.29, 0.717) is 6.04 Å². The number of aryl methyl sites for hydroxylation is 1. The lowest BCUT2D eigenvalue weighted by Gasteiger charge is -2.23. The monoisotopic (exact) mass is 287 g/mol. The van der Waals surface area contributed by atoms with Crippen molar-refractivity contribution in [3.8, 4) is 0 Å². The molecule has 0 aliphatic carbocycles. The quantitative estimate of drug-likeness (QED) is 0.795. The Labute approximate surface area is 119 Å². The predicted octanol–water partition coefficient (Wildman–Crippen LogP) is 3.00. The van der Waals surface area contributed by atoms with E-state index in [0.717, 1.165) is 30.4 Å². The van der Waals surface area contributed by atoms with E-state index in [4.69, 9.17) is 4.98 Å². The van der Waals surface area contributed by atoms with Gasteiger partial charge >= 0.3 is 0 Å². The van der Waals surface area contributed by atoms with Gasteiger partial charge in [0.15, 0.2) is 5.13 Å². The SMILES string of the molecule is CCNCc1sc(N(C)C(C)CSC)nc1CC. The summed E-state index contributed by atoms with van der Waals surface area (Å²) in [7, 11) is 2.15. The second-order valence-electron chi connectivity index (χ2n) is 4.42. The Morgan fingerprint density at radius 1 is 1.44 bits per heavy atom. The summed E-state index contributed by atoms with van der Waals surface area (Å²) in [5, 5.41) is 4.55. The van der Waals surface area contributed by atoms with Crippen molar-refractivity contribution in [1.82, 2.24) is 10.3 Å². The zero-order chi connectivity index (χ0) is 13.5. The van der Waals surface area contributed by atoms with Crippen LogP contribution in [0.1, 0.15) is 31.3 Å². The summed E-state index contributed by atoms with van der Waals surface area (Å²) < 4.78 is 0. The molecule has 0 aliphatic rings. The molecular weight excluding hydrogens is 262 g/mol. The number of anilines is 1. The second kappa shape index (κ2) is 8.02. The van der Waals surface area contributed by atoms with Gasteiger partial charge in [-0.15, -0.1) is 11.3 Å². The van der Waals surface area contributed by atoms with Gasteiger partial charge in [0.2, 0.25) is 0 Å². The Morgan fingerprint density at radius 3 is 2.72 bits per heavy atom. The molecule has 0 radical (unpaired) electrons. The highest BCUT2D eigenvalue weighted by atomic mass is 32.2. The topological polar surface area (TPSA) is 28.2 Å². The maximum absolute atomic E-state index is 4.78. The zero-order valence-electron chi connectivity index (χ0n) is 12.1. The molecule has 1 N–H and O–H groups in total. The van der Waals surface area contributed by atoms with Gasteiger partial charge in [-0.1, -0.05) is 13.8 Å². The lowest BCUT2D eigenvalue weighted by atomic mass is 10.3. The number of nitrogens with one attached hydrogen (secondary N) is 1. The van der Waals surface area contributed by atoms with Crippen LogP contribution >= 0.6 is 23.1 Å². The first-order valence-electron chi connectivity index (χ1n) is 6.55. The van der Waals surface area contributed by atoms with Crippen molar-refractivity contribution in [2.75, 3.05) is 30.5 Å². The number of thioether (sulfide) groups is 1. The smallest absolute Gasteiger partial charge is 0.185 e. The third-order valence-corrected chi connectivity index (χ3v) is 5.01. The molecule has 104 valence electrons. The molecule has 0 saturated carbocycles. The lowest BCUT2D eigenvalue weighted by molar-refractivity contribution is 0.726. The number of hydrogen-bond donors (Lipinski definition) is 1. The molecular formula is C13H25N3S2. The highest BCUT2D eigenvalue weighted by molar-refractivity contribution is 7.98. The van der Waals surface area contributed by atoms with Crippen molar-refractivity contribution < 1.29 is 0 Å². The van der Waals surface area contributed by atoms with Crippen molar-refractivity contribution in [3.05, 3.63) is 10.6 Å². The van der Waals surface area contributed by atoms with E-state index in [9.17, 15) is 0 Å². The second-order valence-corrected chi connectivity index (χ2v) is 6.39. The van der Waals surface area contributed by atoms with Crippen molar-refractivity contribution in [2.24, 2.45) is 0 Å². The van der Waals surface area contributed by atoms with Crippen LogP contribution in [0, 0.1) is 0 Å². The molecule has 18 heavy (non-hydrogen) atoms. The van der Waals surface area contributed by atoms with Gasteiger partial charge in [0.1, 0.15) is 0 Å². The number of nitrogens with zero attached hydrogens (tertiary/aromatic N) is 2. The molecule has 1 aromatic heterocycles. The third-order valence-electron chi connectivity index (χ3n) is 3.01. The van der Waals surface area contributed by atoms with Crippen LogP contribution in [0.15, 0.2) is 0 Å². The first-order chi connectivity index (χ1) is 8.63. The third kappa shape index (κ3) is 4.14. The fourth-order valence-electron chi connectivity index (χ4n) is 1.71. The molecule has 1 aromatic rings. The standard InChI is InChI=1S/C13H25N3S2/c1-6-11-12(8-14-7-2)18-13(15-11)16(4)10(3)9-17-5/h10,14H,6-9H2,1-5H3. The van der Waals surface area contributed by atoms with E-state index in [2.05, 4.69) is 44.3 Å². The van der Waals surface area contributed by atoms with Crippen molar-refractivity contribution in [2.45, 2.75) is 39.8 Å². The molecule has 0 aromatic carbocycles. The molecule has 1 heterocycles. The fourth-order valence-corrected chi connectivity index (χ4v) is 3.60. The summed E-state index contributed by atoms with van der Waals surface area (Å²) in [4.78, 5) is 8.47. The van der Waals surface area contributed by atoms with Gasteiger partial charge in [-0.25, -0.2) is 4.98 Å². The lowest BCUT2D eigenvalue weighted by Crippen LogP contribution is -2.30. The van der Waals surface area contributed by atoms with Crippen LogP contribution < -0.4 is 10.2 Å². The summed E-state index contributed by atoms with van der Waals surface area (Å²) in [6, 6.07) is 0.530. The van der Waals surface area contributed by atoms with E-state index in [1.165, 1.54) is 10.6 Å². The van der Waals surface area contributed by atoms with Gasteiger partial charge in [-0.05, 0) is 26.1 Å². The van der Waals surface area contributed by atoms with E-state index in [1.807, 2.05) is 23.1 Å². The minimum Gasteiger partial charge on any atom is -0.348 e. The molecule has 1 unspecified atom stereocenters. The summed E-state index contributed by atoms with van der Waals surface area (Å²) in [5.74, 6) is 1.14. The summed E-state index contributed by atoms with van der Waals surface area (Å²) in [6.07, 6.45) is 3.17. The molecule has 0 saturated heterocycles. The molecule has 3 nitrogen and oxygen atoms in total. The number of thiazole rings is 1. The van der Waals surface area contributed by atoms with Crippen LogP contribution in [0.2, 0.25) is 0 Å². The molecule has 0 amide bonds. The van der Waals surface area contributed by atoms with Gasteiger partial charge < -0.3 is 10.2 Å². The van der Waals surface area contributed by atoms with Gasteiger partial charge in [0, 0.05) is 30.3 Å². The minimum atomic E-state index is 0.530. The Morgan fingerprint density at radius 2 is 2.17 bits per heavy atom. The van der Waals surface area contributed by atoms with Crippen LogP contribution in [0.4, 0.5) is 5.13 Å². The van der Waals surface area contributed by atoms with Gasteiger partial charge in [-0.3, -0.25) is 0 Å². The van der Waals surface area contributed by atoms with E-state index in [-0.39, 0.29) is 0 Å². The van der Waals surface area contributed by atoms with Crippen LogP contribution in [0.5, 0.6) is 0 Å². The largest absolute Gasteiger partial charge is 0.348 e. The molecule has 5 heteroatoms. The van der Waals surface area contributed by atoms with E-state index >= 15 is 0 Å². The van der Waals surface area contributed by atoms with Crippen LogP contribution in [0.25, 0.3) is 0 Å². The van der Waals surface area contributed by atoms with Crippen LogP contribution in [-0.4, -0.2) is 36.6 Å². The summed E-state index contributed by atoms with van der Waals surface area (Å²) in [6.45, 7) is 8.53. The normalized spacial score (nSPS) is 12.7. The Kier molecular flexibility index (Phi) is 7.04. The van der Waals surface area contributed by atoms with E-state index < -0.39 is 0 Å². The number of aromatic nitrogens is 1. The molecule has 0 bridgehead atoms. The minimum absolute atomic E-state index is 0.530. The maximum atomic E-state index is 4.78. The number of hydrogen-bond acceptors (Lipinski definition) is 5. The zero-order valence-corrected chi connectivity index (χ0v) is 13.7. The average Bonchev–Trinajstić information content (AvgIpc) is 2.78. The summed E-state index contributed by atoms with van der Waals surface area (Å²) >= 11 is 3.72. The average molecular weight is 287 g/mol. The first kappa shape index (κ1) is 15.8. The first-order valence-corrected chi connectivity index (χ1v) is 8.76. The molecule has 0 fully saturated rings. The highest BCUT2D eigenvalue weighted by Gasteiger charge is 2.16. The van der Waals surface area contributed by atoms with Gasteiger partial charge in [-0.2, -0.15) is 11.8 Å². The Hall–Kier alpha value is -0.260. The van der Waals surface area contributed by atoms with Crippen molar-refractivity contribution >= 4 is 28.2 Å². The highest BCUT2D eigenvalue weighted by Crippen LogP contribution is 2.27. The molecule has 1 atom stereocenters. The Bertz CT molecular complexity index is 352. The maximum Gasteiger partial charge on any atom is 0.185 e. The van der Waals surface area contributed by atoms with Crippen LogP contribution in [-0.2, 0) is 13.0 Å². The molecule has 0 spiro atoms. The van der Waals surface area contributed by atoms with Crippen molar-refractivity contribution in [3.63, 3.8) is 0 Å². The fraction of sp³-hybridized carbons (Fsp3) is 0.769. The van der Waals surface area contributed by atoms with Crippen LogP contribution in [0.3, 0.4) is 0 Å². The predicted molar refractivity (Wildman–Crippen MR) is 85.1 cm³/mol. The molecule has 1 rings (SSSR count). The van der Waals surface area contributed by atoms with Gasteiger partial charge in [0.25, 0.3) is 0 Å². The molecule has 0 aliphatic heterocycles. The summed E-state index contributed by atoms with van der Waals surface area (Å²) in [5.41, 5.74) is 1.25. The Balaban J connectivity index is 2.79.